The molecule has 106 valence electrons. The fourth-order valence-electron chi connectivity index (χ4n) is 2.03. The minimum atomic E-state index is -0.471. The van der Waals surface area contributed by atoms with E-state index in [2.05, 4.69) is 0 Å². The Labute approximate surface area is 126 Å². The van der Waals surface area contributed by atoms with Crippen LogP contribution in [-0.4, -0.2) is 6.04 Å². The molecule has 1 nitrogen and oxygen atoms in total. The van der Waals surface area contributed by atoms with Crippen LogP contribution in [-0.2, 0) is 12.8 Å². The van der Waals surface area contributed by atoms with Crippen molar-refractivity contribution in [1.29, 1.82) is 0 Å². The molecule has 2 N–H and O–H groups in total. The van der Waals surface area contributed by atoms with Gasteiger partial charge in [-0.25, -0.2) is 8.78 Å². The SMILES string of the molecule is NC(Cc1ccc(Cl)cc1F)Cc1cccc(Cl)c1F. The lowest BCUT2D eigenvalue weighted by Gasteiger charge is -2.13. The molecule has 0 saturated carbocycles. The van der Waals surface area contributed by atoms with Gasteiger partial charge in [-0.05, 0) is 42.2 Å². The van der Waals surface area contributed by atoms with Gasteiger partial charge in [0.15, 0.2) is 0 Å². The summed E-state index contributed by atoms with van der Waals surface area (Å²) in [6, 6.07) is 8.79. The predicted molar refractivity (Wildman–Crippen MR) is 78.2 cm³/mol. The van der Waals surface area contributed by atoms with E-state index in [1.54, 1.807) is 24.3 Å². The number of hydrogen-bond acceptors (Lipinski definition) is 1. The minimum absolute atomic E-state index is 0.0624. The summed E-state index contributed by atoms with van der Waals surface area (Å²) in [6.45, 7) is 0. The van der Waals surface area contributed by atoms with Crippen molar-refractivity contribution in [2.45, 2.75) is 18.9 Å². The van der Waals surface area contributed by atoms with Crippen LogP contribution in [0, 0.1) is 11.6 Å². The van der Waals surface area contributed by atoms with Crippen LogP contribution in [0.5, 0.6) is 0 Å². The normalized spacial score (nSPS) is 12.4. The van der Waals surface area contributed by atoms with E-state index in [0.717, 1.165) is 0 Å². The largest absolute Gasteiger partial charge is 0.327 e. The predicted octanol–water partition coefficient (Wildman–Crippen LogP) is 4.38. The van der Waals surface area contributed by atoms with E-state index in [-0.39, 0.29) is 11.4 Å². The third-order valence-electron chi connectivity index (χ3n) is 3.01. The van der Waals surface area contributed by atoms with Gasteiger partial charge in [0, 0.05) is 11.1 Å². The molecular formula is C15H13Cl2F2N. The summed E-state index contributed by atoms with van der Waals surface area (Å²) in [4.78, 5) is 0. The first-order valence-corrected chi connectivity index (χ1v) is 6.85. The number of halogens is 4. The van der Waals surface area contributed by atoms with Crippen LogP contribution in [0.15, 0.2) is 36.4 Å². The first-order valence-electron chi connectivity index (χ1n) is 6.09. The topological polar surface area (TPSA) is 26.0 Å². The Balaban J connectivity index is 2.09. The summed E-state index contributed by atoms with van der Waals surface area (Å²) in [7, 11) is 0. The minimum Gasteiger partial charge on any atom is -0.327 e. The molecule has 20 heavy (non-hydrogen) atoms. The maximum Gasteiger partial charge on any atom is 0.145 e. The molecule has 2 rings (SSSR count). The van der Waals surface area contributed by atoms with Crippen molar-refractivity contribution >= 4 is 23.2 Å². The zero-order chi connectivity index (χ0) is 14.7. The molecule has 0 heterocycles. The molecule has 0 aliphatic carbocycles. The van der Waals surface area contributed by atoms with Crippen molar-refractivity contribution in [2.75, 3.05) is 0 Å². The molecule has 0 saturated heterocycles. The fraction of sp³-hybridized carbons (Fsp3) is 0.200. The standard InChI is InChI=1S/C15H13Cl2F2N/c16-11-5-4-9(14(18)8-11)6-12(20)7-10-2-1-3-13(17)15(10)19/h1-5,8,12H,6-7,20H2. The molecule has 5 heteroatoms. The molecule has 0 bridgehead atoms. The molecule has 0 spiro atoms. The van der Waals surface area contributed by atoms with Crippen LogP contribution < -0.4 is 5.73 Å². The zero-order valence-corrected chi connectivity index (χ0v) is 12.1. The van der Waals surface area contributed by atoms with Crippen LogP contribution in [0.4, 0.5) is 8.78 Å². The lowest BCUT2D eigenvalue weighted by molar-refractivity contribution is 0.565. The molecule has 2 aromatic rings. The van der Waals surface area contributed by atoms with E-state index in [1.807, 2.05) is 0 Å². The van der Waals surface area contributed by atoms with Gasteiger partial charge in [0.05, 0.1) is 5.02 Å². The number of nitrogens with two attached hydrogens (primary N) is 1. The quantitative estimate of drug-likeness (QED) is 0.890. The van der Waals surface area contributed by atoms with Gasteiger partial charge in [0.25, 0.3) is 0 Å². The Kier molecular flexibility index (Phi) is 4.97. The van der Waals surface area contributed by atoms with Gasteiger partial charge in [0.2, 0.25) is 0 Å². The van der Waals surface area contributed by atoms with Gasteiger partial charge in [-0.2, -0.15) is 0 Å². The third kappa shape index (κ3) is 3.69. The second-order valence-corrected chi connectivity index (χ2v) is 5.46. The maximum atomic E-state index is 13.8. The average molecular weight is 316 g/mol. The summed E-state index contributed by atoms with van der Waals surface area (Å²) >= 11 is 11.4. The first kappa shape index (κ1) is 15.2. The monoisotopic (exact) mass is 315 g/mol. The smallest absolute Gasteiger partial charge is 0.145 e. The van der Waals surface area contributed by atoms with E-state index < -0.39 is 17.7 Å². The highest BCUT2D eigenvalue weighted by molar-refractivity contribution is 6.31. The second kappa shape index (κ2) is 6.53. The van der Waals surface area contributed by atoms with Gasteiger partial charge < -0.3 is 5.73 Å². The fourth-order valence-corrected chi connectivity index (χ4v) is 2.38. The Bertz CT molecular complexity index is 617. The van der Waals surface area contributed by atoms with Crippen LogP contribution in [0.1, 0.15) is 11.1 Å². The Morgan fingerprint density at radius 2 is 1.70 bits per heavy atom. The van der Waals surface area contributed by atoms with Crippen LogP contribution in [0.25, 0.3) is 0 Å². The van der Waals surface area contributed by atoms with Crippen molar-refractivity contribution in [3.05, 3.63) is 69.2 Å². The Hall–Kier alpha value is -1.16. The van der Waals surface area contributed by atoms with Crippen molar-refractivity contribution in [1.82, 2.24) is 0 Å². The lowest BCUT2D eigenvalue weighted by atomic mass is 9.99. The Morgan fingerprint density at radius 1 is 1.00 bits per heavy atom. The molecule has 0 amide bonds. The Morgan fingerprint density at radius 3 is 2.40 bits per heavy atom. The van der Waals surface area contributed by atoms with E-state index in [4.69, 9.17) is 28.9 Å². The number of hydrogen-bond donors (Lipinski definition) is 1. The summed E-state index contributed by atoms with van der Waals surface area (Å²) in [5.41, 5.74) is 6.85. The second-order valence-electron chi connectivity index (χ2n) is 4.62. The maximum absolute atomic E-state index is 13.8. The van der Waals surface area contributed by atoms with Gasteiger partial charge in [-0.15, -0.1) is 0 Å². The molecule has 1 unspecified atom stereocenters. The number of rotatable bonds is 4. The van der Waals surface area contributed by atoms with Crippen LogP contribution >= 0.6 is 23.2 Å². The van der Waals surface area contributed by atoms with Gasteiger partial charge >= 0.3 is 0 Å². The first-order chi connectivity index (χ1) is 9.47. The summed E-state index contributed by atoms with van der Waals surface area (Å²) in [6.07, 6.45) is 0.587. The summed E-state index contributed by atoms with van der Waals surface area (Å²) < 4.78 is 27.4. The van der Waals surface area contributed by atoms with Gasteiger partial charge in [0.1, 0.15) is 11.6 Å². The molecule has 0 aliphatic rings. The summed E-state index contributed by atoms with van der Waals surface area (Å²) in [5.74, 6) is -0.874. The van der Waals surface area contributed by atoms with Crippen molar-refractivity contribution in [2.24, 2.45) is 5.73 Å². The van der Waals surface area contributed by atoms with Gasteiger partial charge in [-0.1, -0.05) is 41.4 Å². The zero-order valence-electron chi connectivity index (χ0n) is 10.5. The molecule has 0 aliphatic heterocycles. The van der Waals surface area contributed by atoms with Crippen molar-refractivity contribution in [3.8, 4) is 0 Å². The summed E-state index contributed by atoms with van der Waals surface area (Å²) in [5, 5.41) is 0.396. The third-order valence-corrected chi connectivity index (χ3v) is 3.54. The van der Waals surface area contributed by atoms with Crippen LogP contribution in [0.2, 0.25) is 10.0 Å². The van der Waals surface area contributed by atoms with Crippen molar-refractivity contribution < 1.29 is 8.78 Å². The molecule has 0 aromatic heterocycles. The van der Waals surface area contributed by atoms with E-state index >= 15 is 0 Å². The van der Waals surface area contributed by atoms with Crippen molar-refractivity contribution in [3.63, 3.8) is 0 Å². The molecule has 1 atom stereocenters. The van der Waals surface area contributed by atoms with Crippen LogP contribution in [0.3, 0.4) is 0 Å². The highest BCUT2D eigenvalue weighted by Gasteiger charge is 2.13. The average Bonchev–Trinajstić information content (AvgIpc) is 2.38. The van der Waals surface area contributed by atoms with Gasteiger partial charge in [-0.3, -0.25) is 0 Å². The highest BCUT2D eigenvalue weighted by Crippen LogP contribution is 2.20. The van der Waals surface area contributed by atoms with E-state index in [9.17, 15) is 8.78 Å². The lowest BCUT2D eigenvalue weighted by Crippen LogP contribution is -2.26. The van der Waals surface area contributed by atoms with E-state index in [1.165, 1.54) is 12.1 Å². The molecular weight excluding hydrogens is 303 g/mol. The molecule has 0 radical (unpaired) electrons. The highest BCUT2D eigenvalue weighted by atomic mass is 35.5. The van der Waals surface area contributed by atoms with E-state index in [0.29, 0.717) is 22.6 Å². The molecule has 0 fully saturated rings. The molecule has 2 aromatic carbocycles. The number of benzene rings is 2.